The number of nitrogens with two attached hydrogens (primary N) is 2. The molecule has 0 aliphatic heterocycles. The van der Waals surface area contributed by atoms with Crippen LogP contribution in [-0.2, 0) is 0 Å². The first-order valence-electron chi connectivity index (χ1n) is 6.17. The molecule has 0 spiro atoms. The topological polar surface area (TPSA) is 92.5 Å². The first-order valence-corrected chi connectivity index (χ1v) is 6.17. The highest BCUT2D eigenvalue weighted by molar-refractivity contribution is 4.65. The number of aliphatic hydroxyl groups is 2. The van der Waals surface area contributed by atoms with E-state index in [1.807, 2.05) is 13.8 Å². The lowest BCUT2D eigenvalue weighted by atomic mass is 10.0. The minimum atomic E-state index is -0.0278. The molecule has 4 atom stereocenters. The molecule has 0 heterocycles. The second kappa shape index (κ2) is 11.3. The fourth-order valence-electron chi connectivity index (χ4n) is 0.965. The Morgan fingerprint density at radius 3 is 1.12 bits per heavy atom. The molecule has 0 bridgehead atoms. The lowest BCUT2D eigenvalue weighted by molar-refractivity contribution is 0.230. The number of aliphatic hydroxyl groups excluding tert-OH is 2. The zero-order valence-electron chi connectivity index (χ0n) is 11.2. The summed E-state index contributed by atoms with van der Waals surface area (Å²) in [6.45, 7) is 8.44. The van der Waals surface area contributed by atoms with E-state index < -0.39 is 0 Å². The number of hydrogen-bond donors (Lipinski definition) is 4. The molecule has 0 fully saturated rings. The van der Waals surface area contributed by atoms with Gasteiger partial charge in [-0.25, -0.2) is 0 Å². The Hall–Kier alpha value is -0.160. The van der Waals surface area contributed by atoms with E-state index in [1.165, 1.54) is 0 Å². The van der Waals surface area contributed by atoms with Gasteiger partial charge in [0.05, 0.1) is 13.2 Å². The SMILES string of the molecule is CCC(C)C(N)CO.CC[C@H](C)[C@H](N)CO. The Morgan fingerprint density at radius 1 is 0.812 bits per heavy atom. The molecule has 4 nitrogen and oxygen atoms in total. The van der Waals surface area contributed by atoms with Gasteiger partial charge < -0.3 is 21.7 Å². The summed E-state index contributed by atoms with van der Waals surface area (Å²) in [6.07, 6.45) is 2.09. The summed E-state index contributed by atoms with van der Waals surface area (Å²) in [5.41, 5.74) is 11.0. The maximum atomic E-state index is 8.51. The summed E-state index contributed by atoms with van der Waals surface area (Å²) in [6, 6.07) is -0.0556. The molecular formula is C12H30N2O2. The van der Waals surface area contributed by atoms with Crippen LogP contribution in [0.15, 0.2) is 0 Å². The van der Waals surface area contributed by atoms with E-state index in [2.05, 4.69) is 13.8 Å². The zero-order valence-corrected chi connectivity index (χ0v) is 11.2. The van der Waals surface area contributed by atoms with E-state index in [4.69, 9.17) is 21.7 Å². The number of hydrogen-bond acceptors (Lipinski definition) is 4. The van der Waals surface area contributed by atoms with Crippen LogP contribution in [0, 0.1) is 11.8 Å². The summed E-state index contributed by atoms with van der Waals surface area (Å²) >= 11 is 0. The van der Waals surface area contributed by atoms with Crippen molar-refractivity contribution in [2.45, 2.75) is 52.6 Å². The fraction of sp³-hybridized carbons (Fsp3) is 1.00. The number of rotatable bonds is 6. The van der Waals surface area contributed by atoms with Crippen LogP contribution in [0.5, 0.6) is 0 Å². The fourth-order valence-corrected chi connectivity index (χ4v) is 0.965. The van der Waals surface area contributed by atoms with Gasteiger partial charge in [-0.15, -0.1) is 0 Å². The van der Waals surface area contributed by atoms with Crippen molar-refractivity contribution in [2.24, 2.45) is 23.3 Å². The van der Waals surface area contributed by atoms with Gasteiger partial charge in [0.15, 0.2) is 0 Å². The van der Waals surface area contributed by atoms with Crippen molar-refractivity contribution >= 4 is 0 Å². The van der Waals surface area contributed by atoms with Crippen LogP contribution < -0.4 is 11.5 Å². The molecule has 2 unspecified atom stereocenters. The molecule has 0 aromatic carbocycles. The van der Waals surface area contributed by atoms with E-state index in [-0.39, 0.29) is 25.3 Å². The van der Waals surface area contributed by atoms with Crippen LogP contribution in [0.3, 0.4) is 0 Å². The summed E-state index contributed by atoms with van der Waals surface area (Å²) in [5, 5.41) is 17.0. The average molecular weight is 234 g/mol. The molecular weight excluding hydrogens is 204 g/mol. The Morgan fingerprint density at radius 2 is 1.06 bits per heavy atom. The van der Waals surface area contributed by atoms with Crippen LogP contribution in [0.25, 0.3) is 0 Å². The highest BCUT2D eigenvalue weighted by atomic mass is 16.3. The Labute approximate surface area is 100 Å². The largest absolute Gasteiger partial charge is 0.395 e. The van der Waals surface area contributed by atoms with Crippen LogP contribution in [0.1, 0.15) is 40.5 Å². The van der Waals surface area contributed by atoms with E-state index in [1.54, 1.807) is 0 Å². The third-order valence-corrected chi connectivity index (χ3v) is 3.17. The Bertz CT molecular complexity index is 113. The minimum Gasteiger partial charge on any atom is -0.395 e. The van der Waals surface area contributed by atoms with Gasteiger partial charge in [-0.2, -0.15) is 0 Å². The van der Waals surface area contributed by atoms with Crippen molar-refractivity contribution in [2.75, 3.05) is 13.2 Å². The van der Waals surface area contributed by atoms with Crippen LogP contribution in [0.2, 0.25) is 0 Å². The first-order chi connectivity index (χ1) is 7.44. The third kappa shape index (κ3) is 9.09. The van der Waals surface area contributed by atoms with E-state index in [0.717, 1.165) is 12.8 Å². The zero-order chi connectivity index (χ0) is 13.1. The van der Waals surface area contributed by atoms with Crippen molar-refractivity contribution in [1.82, 2.24) is 0 Å². The second-order valence-corrected chi connectivity index (χ2v) is 4.46. The molecule has 0 rings (SSSR count). The summed E-state index contributed by atoms with van der Waals surface area (Å²) in [5.74, 6) is 0.889. The molecule has 0 aromatic rings. The molecule has 6 N–H and O–H groups in total. The first kappa shape index (κ1) is 18.2. The quantitative estimate of drug-likeness (QED) is 0.544. The lowest BCUT2D eigenvalue weighted by Crippen LogP contribution is -2.31. The molecule has 0 saturated carbocycles. The standard InChI is InChI=1S/2C6H15NO/c2*1-3-5(2)6(7)4-8/h2*5-6,8H,3-4,7H2,1-2H3/t5-,6+;/m0./s1. The van der Waals surface area contributed by atoms with Gasteiger partial charge in [0, 0.05) is 12.1 Å². The van der Waals surface area contributed by atoms with Crippen molar-refractivity contribution in [3.8, 4) is 0 Å². The summed E-state index contributed by atoms with van der Waals surface area (Å²) < 4.78 is 0. The van der Waals surface area contributed by atoms with Gasteiger partial charge >= 0.3 is 0 Å². The van der Waals surface area contributed by atoms with Gasteiger partial charge in [0.2, 0.25) is 0 Å². The second-order valence-electron chi connectivity index (χ2n) is 4.46. The molecule has 0 aromatic heterocycles. The maximum absolute atomic E-state index is 8.51. The molecule has 16 heavy (non-hydrogen) atoms. The molecule has 100 valence electrons. The highest BCUT2D eigenvalue weighted by Gasteiger charge is 2.07. The van der Waals surface area contributed by atoms with Crippen LogP contribution >= 0.6 is 0 Å². The van der Waals surface area contributed by atoms with Crippen LogP contribution in [-0.4, -0.2) is 35.5 Å². The van der Waals surface area contributed by atoms with Crippen molar-refractivity contribution in [1.29, 1.82) is 0 Å². The Kier molecular flexibility index (Phi) is 12.9. The van der Waals surface area contributed by atoms with E-state index in [9.17, 15) is 0 Å². The molecule has 0 aliphatic carbocycles. The predicted octanol–water partition coefficient (Wildman–Crippen LogP) is 0.704. The van der Waals surface area contributed by atoms with E-state index in [0.29, 0.717) is 11.8 Å². The average Bonchev–Trinajstić information content (AvgIpc) is 2.35. The van der Waals surface area contributed by atoms with Crippen LogP contribution in [0.4, 0.5) is 0 Å². The van der Waals surface area contributed by atoms with E-state index >= 15 is 0 Å². The monoisotopic (exact) mass is 234 g/mol. The molecule has 0 saturated heterocycles. The molecule has 0 amide bonds. The lowest BCUT2D eigenvalue weighted by Gasteiger charge is -2.14. The molecule has 0 radical (unpaired) electrons. The molecule has 0 aliphatic rings. The van der Waals surface area contributed by atoms with Gasteiger partial charge in [-0.1, -0.05) is 40.5 Å². The predicted molar refractivity (Wildman–Crippen MR) is 69.0 cm³/mol. The van der Waals surface area contributed by atoms with Gasteiger partial charge in [-0.05, 0) is 11.8 Å². The molecule has 4 heteroatoms. The third-order valence-electron chi connectivity index (χ3n) is 3.17. The van der Waals surface area contributed by atoms with Gasteiger partial charge in [-0.3, -0.25) is 0 Å². The Balaban J connectivity index is 0. The van der Waals surface area contributed by atoms with Crippen molar-refractivity contribution in [3.05, 3.63) is 0 Å². The van der Waals surface area contributed by atoms with Crippen molar-refractivity contribution in [3.63, 3.8) is 0 Å². The van der Waals surface area contributed by atoms with Gasteiger partial charge in [0.25, 0.3) is 0 Å². The smallest absolute Gasteiger partial charge is 0.0585 e. The summed E-state index contributed by atoms with van der Waals surface area (Å²) in [4.78, 5) is 0. The van der Waals surface area contributed by atoms with Gasteiger partial charge in [0.1, 0.15) is 0 Å². The highest BCUT2D eigenvalue weighted by Crippen LogP contribution is 2.03. The minimum absolute atomic E-state index is 0.0278. The normalized spacial score (nSPS) is 18.0. The van der Waals surface area contributed by atoms with Crippen molar-refractivity contribution < 1.29 is 10.2 Å². The summed E-state index contributed by atoms with van der Waals surface area (Å²) in [7, 11) is 0. The maximum Gasteiger partial charge on any atom is 0.0585 e.